The van der Waals surface area contributed by atoms with E-state index in [0.717, 1.165) is 29.5 Å². The van der Waals surface area contributed by atoms with Crippen molar-refractivity contribution in [3.05, 3.63) is 60.2 Å². The van der Waals surface area contributed by atoms with Crippen LogP contribution in [-0.2, 0) is 20.7 Å². The number of rotatable bonds is 6. The van der Waals surface area contributed by atoms with Crippen LogP contribution >= 0.6 is 0 Å². The van der Waals surface area contributed by atoms with E-state index in [4.69, 9.17) is 4.74 Å². The SMILES string of the molecule is C[C@H]1[C@H](C)CCC[C@H]1NC(=O)COC(=O)Cc1ccc(-c2ccccc2)cc1. The smallest absolute Gasteiger partial charge is 0.310 e. The van der Waals surface area contributed by atoms with Gasteiger partial charge >= 0.3 is 5.97 Å². The Morgan fingerprint density at radius 3 is 2.36 bits per heavy atom. The van der Waals surface area contributed by atoms with E-state index in [1.165, 1.54) is 6.42 Å². The van der Waals surface area contributed by atoms with Gasteiger partial charge in [-0.05, 0) is 34.9 Å². The van der Waals surface area contributed by atoms with Crippen molar-refractivity contribution >= 4 is 11.9 Å². The number of carbonyl (C=O) groups excluding carboxylic acids is 2. The zero-order chi connectivity index (χ0) is 19.9. The summed E-state index contributed by atoms with van der Waals surface area (Å²) >= 11 is 0. The number of ether oxygens (including phenoxy) is 1. The Morgan fingerprint density at radius 1 is 0.964 bits per heavy atom. The second-order valence-corrected chi connectivity index (χ2v) is 7.84. The zero-order valence-electron chi connectivity index (χ0n) is 16.7. The summed E-state index contributed by atoms with van der Waals surface area (Å²) in [7, 11) is 0. The first kappa shape index (κ1) is 20.1. The summed E-state index contributed by atoms with van der Waals surface area (Å²) in [6, 6.07) is 18.1. The molecule has 4 heteroatoms. The van der Waals surface area contributed by atoms with Crippen molar-refractivity contribution < 1.29 is 14.3 Å². The number of nitrogens with one attached hydrogen (secondary N) is 1. The lowest BCUT2D eigenvalue weighted by Crippen LogP contribution is -2.45. The number of hydrogen-bond acceptors (Lipinski definition) is 3. The molecule has 1 saturated carbocycles. The summed E-state index contributed by atoms with van der Waals surface area (Å²) < 4.78 is 5.18. The van der Waals surface area contributed by atoms with E-state index in [1.807, 2.05) is 42.5 Å². The number of benzene rings is 2. The maximum atomic E-state index is 12.1. The van der Waals surface area contributed by atoms with Gasteiger partial charge in [-0.25, -0.2) is 0 Å². The molecule has 0 heterocycles. The van der Waals surface area contributed by atoms with Crippen molar-refractivity contribution in [1.82, 2.24) is 5.32 Å². The van der Waals surface area contributed by atoms with Crippen molar-refractivity contribution in [2.45, 2.75) is 45.6 Å². The van der Waals surface area contributed by atoms with Crippen LogP contribution in [-0.4, -0.2) is 24.5 Å². The first-order chi connectivity index (χ1) is 13.5. The monoisotopic (exact) mass is 379 g/mol. The summed E-state index contributed by atoms with van der Waals surface area (Å²) in [6.07, 6.45) is 3.51. The van der Waals surface area contributed by atoms with Crippen LogP contribution in [0.25, 0.3) is 11.1 Å². The zero-order valence-corrected chi connectivity index (χ0v) is 16.7. The Bertz CT molecular complexity index is 785. The van der Waals surface area contributed by atoms with Gasteiger partial charge in [-0.2, -0.15) is 0 Å². The van der Waals surface area contributed by atoms with E-state index in [9.17, 15) is 9.59 Å². The molecule has 3 atom stereocenters. The first-order valence-electron chi connectivity index (χ1n) is 10.1. The van der Waals surface area contributed by atoms with Gasteiger partial charge in [0.1, 0.15) is 0 Å². The molecule has 0 unspecified atom stereocenters. The quantitative estimate of drug-likeness (QED) is 0.758. The molecular weight excluding hydrogens is 350 g/mol. The van der Waals surface area contributed by atoms with Crippen molar-refractivity contribution in [1.29, 1.82) is 0 Å². The molecule has 0 aromatic heterocycles. The van der Waals surface area contributed by atoms with E-state index in [-0.39, 0.29) is 30.9 Å². The summed E-state index contributed by atoms with van der Waals surface area (Å²) in [5, 5.41) is 3.03. The minimum Gasteiger partial charge on any atom is -0.455 e. The molecule has 0 spiro atoms. The highest BCUT2D eigenvalue weighted by Gasteiger charge is 2.28. The molecule has 1 aliphatic rings. The average molecular weight is 380 g/mol. The Morgan fingerprint density at radius 2 is 1.64 bits per heavy atom. The number of hydrogen-bond donors (Lipinski definition) is 1. The number of amides is 1. The maximum Gasteiger partial charge on any atom is 0.310 e. The van der Waals surface area contributed by atoms with Gasteiger partial charge in [-0.3, -0.25) is 9.59 Å². The molecule has 1 aliphatic carbocycles. The fraction of sp³-hybridized carbons (Fsp3) is 0.417. The lowest BCUT2D eigenvalue weighted by molar-refractivity contribution is -0.148. The van der Waals surface area contributed by atoms with E-state index < -0.39 is 0 Å². The minimum atomic E-state index is -0.382. The van der Waals surface area contributed by atoms with Gasteiger partial charge in [0.05, 0.1) is 6.42 Å². The van der Waals surface area contributed by atoms with E-state index in [0.29, 0.717) is 11.8 Å². The van der Waals surface area contributed by atoms with Crippen LogP contribution in [0.2, 0.25) is 0 Å². The molecule has 148 valence electrons. The van der Waals surface area contributed by atoms with Gasteiger partial charge in [0.15, 0.2) is 6.61 Å². The molecule has 0 saturated heterocycles. The lowest BCUT2D eigenvalue weighted by atomic mass is 9.78. The molecule has 4 nitrogen and oxygen atoms in total. The van der Waals surface area contributed by atoms with Crippen LogP contribution in [0.5, 0.6) is 0 Å². The third-order valence-electron chi connectivity index (χ3n) is 5.83. The van der Waals surface area contributed by atoms with Gasteiger partial charge in [0, 0.05) is 6.04 Å². The third kappa shape index (κ3) is 5.44. The highest BCUT2D eigenvalue weighted by atomic mass is 16.5. The Balaban J connectivity index is 1.44. The second kappa shape index (κ2) is 9.54. The fourth-order valence-corrected chi connectivity index (χ4v) is 3.84. The fourth-order valence-electron chi connectivity index (χ4n) is 3.84. The third-order valence-corrected chi connectivity index (χ3v) is 5.83. The van der Waals surface area contributed by atoms with Gasteiger partial charge in [0.2, 0.25) is 0 Å². The van der Waals surface area contributed by atoms with Crippen molar-refractivity contribution in [2.24, 2.45) is 11.8 Å². The molecule has 1 fully saturated rings. The molecule has 1 amide bonds. The van der Waals surface area contributed by atoms with Crippen LogP contribution in [0, 0.1) is 11.8 Å². The first-order valence-corrected chi connectivity index (χ1v) is 10.1. The molecule has 0 radical (unpaired) electrons. The molecule has 2 aromatic rings. The molecular formula is C24H29NO3. The lowest BCUT2D eigenvalue weighted by Gasteiger charge is -2.34. The molecule has 0 aliphatic heterocycles. The van der Waals surface area contributed by atoms with Crippen LogP contribution in [0.15, 0.2) is 54.6 Å². The topological polar surface area (TPSA) is 55.4 Å². The van der Waals surface area contributed by atoms with Crippen LogP contribution in [0.4, 0.5) is 0 Å². The number of carbonyl (C=O) groups is 2. The summed E-state index contributed by atoms with van der Waals surface area (Å²) in [6.45, 7) is 4.20. The molecule has 1 N–H and O–H groups in total. The van der Waals surface area contributed by atoms with Crippen LogP contribution < -0.4 is 5.32 Å². The molecule has 0 bridgehead atoms. The highest BCUT2D eigenvalue weighted by Crippen LogP contribution is 2.29. The molecule has 2 aromatic carbocycles. The summed E-state index contributed by atoms with van der Waals surface area (Å²) in [5.74, 6) is 0.475. The van der Waals surface area contributed by atoms with Gasteiger partial charge < -0.3 is 10.1 Å². The average Bonchev–Trinajstić information content (AvgIpc) is 2.71. The predicted molar refractivity (Wildman–Crippen MR) is 111 cm³/mol. The normalized spacial score (nSPS) is 21.7. The molecule has 28 heavy (non-hydrogen) atoms. The van der Waals surface area contributed by atoms with Crippen molar-refractivity contribution in [3.8, 4) is 11.1 Å². The van der Waals surface area contributed by atoms with Gasteiger partial charge in [-0.15, -0.1) is 0 Å². The van der Waals surface area contributed by atoms with Crippen LogP contribution in [0.1, 0.15) is 38.7 Å². The predicted octanol–water partition coefficient (Wildman–Crippen LogP) is 4.38. The Hall–Kier alpha value is -2.62. The summed E-state index contributed by atoms with van der Waals surface area (Å²) in [4.78, 5) is 24.2. The van der Waals surface area contributed by atoms with Gasteiger partial charge in [0.25, 0.3) is 5.91 Å². The summed E-state index contributed by atoms with van der Waals surface area (Å²) in [5.41, 5.74) is 3.12. The largest absolute Gasteiger partial charge is 0.455 e. The maximum absolute atomic E-state index is 12.1. The minimum absolute atomic E-state index is 0.166. The van der Waals surface area contributed by atoms with Gasteiger partial charge in [-0.1, -0.05) is 81.3 Å². The van der Waals surface area contributed by atoms with E-state index in [2.05, 4.69) is 31.3 Å². The Kier molecular flexibility index (Phi) is 6.85. The van der Waals surface area contributed by atoms with E-state index >= 15 is 0 Å². The highest BCUT2D eigenvalue weighted by molar-refractivity contribution is 5.81. The number of esters is 1. The van der Waals surface area contributed by atoms with Crippen molar-refractivity contribution in [3.63, 3.8) is 0 Å². The van der Waals surface area contributed by atoms with Crippen molar-refractivity contribution in [2.75, 3.05) is 6.61 Å². The second-order valence-electron chi connectivity index (χ2n) is 7.84. The Labute approximate surface area is 167 Å². The molecule has 3 rings (SSSR count). The van der Waals surface area contributed by atoms with Crippen LogP contribution in [0.3, 0.4) is 0 Å². The standard InChI is InChI=1S/C24H29NO3/c1-17-7-6-10-22(18(17)2)25-23(26)16-28-24(27)15-19-11-13-21(14-12-19)20-8-4-3-5-9-20/h3-5,8-9,11-14,17-18,22H,6-7,10,15-16H2,1-2H3,(H,25,26)/t17-,18+,22-/m1/s1. The van der Waals surface area contributed by atoms with E-state index in [1.54, 1.807) is 0 Å².